The Morgan fingerprint density at radius 2 is 2.06 bits per heavy atom. The van der Waals surface area contributed by atoms with E-state index in [0.717, 1.165) is 18.8 Å². The van der Waals surface area contributed by atoms with Crippen molar-refractivity contribution in [1.29, 1.82) is 0 Å². The van der Waals surface area contributed by atoms with Crippen molar-refractivity contribution < 1.29 is 4.74 Å². The molecule has 1 aromatic heterocycles. The van der Waals surface area contributed by atoms with Crippen molar-refractivity contribution in [2.75, 3.05) is 13.7 Å². The van der Waals surface area contributed by atoms with Gasteiger partial charge in [-0.25, -0.2) is 9.67 Å². The van der Waals surface area contributed by atoms with Gasteiger partial charge in [-0.1, -0.05) is 13.8 Å². The molecule has 0 aromatic carbocycles. The Labute approximate surface area is 110 Å². The molecule has 0 amide bonds. The molecule has 0 saturated heterocycles. The minimum absolute atomic E-state index is 0.259. The van der Waals surface area contributed by atoms with Crippen LogP contribution >= 0.6 is 0 Å². The molecule has 18 heavy (non-hydrogen) atoms. The third kappa shape index (κ3) is 5.14. The summed E-state index contributed by atoms with van der Waals surface area (Å²) in [5.41, 5.74) is 0. The largest absolute Gasteiger partial charge is 0.377 e. The van der Waals surface area contributed by atoms with E-state index in [0.29, 0.717) is 12.5 Å². The molecule has 1 heterocycles. The van der Waals surface area contributed by atoms with Gasteiger partial charge in [0.25, 0.3) is 0 Å². The van der Waals surface area contributed by atoms with Crippen LogP contribution in [0, 0.1) is 5.92 Å². The zero-order valence-electron chi connectivity index (χ0n) is 12.2. The number of likely N-dealkylation sites (N-methyl/N-ethyl adjacent to an activating group) is 1. The Bertz CT molecular complexity index is 335. The molecule has 1 aromatic rings. The predicted molar refractivity (Wildman–Crippen MR) is 72.5 cm³/mol. The van der Waals surface area contributed by atoms with Crippen LogP contribution in [0.1, 0.15) is 33.5 Å². The molecule has 5 nitrogen and oxygen atoms in total. The Morgan fingerprint density at radius 1 is 1.33 bits per heavy atom. The Kier molecular flexibility index (Phi) is 6.29. The van der Waals surface area contributed by atoms with Gasteiger partial charge < -0.3 is 10.1 Å². The molecule has 1 N–H and O–H groups in total. The second-order valence-corrected chi connectivity index (χ2v) is 5.32. The van der Waals surface area contributed by atoms with Crippen LogP contribution in [0.4, 0.5) is 0 Å². The molecule has 0 spiro atoms. The van der Waals surface area contributed by atoms with Gasteiger partial charge in [0.1, 0.15) is 12.2 Å². The minimum Gasteiger partial charge on any atom is -0.377 e. The maximum Gasteiger partial charge on any atom is 0.138 e. The van der Waals surface area contributed by atoms with Crippen molar-refractivity contribution in [3.05, 3.63) is 12.2 Å². The lowest BCUT2D eigenvalue weighted by atomic mass is 10.2. The van der Waals surface area contributed by atoms with Crippen LogP contribution in [0.25, 0.3) is 0 Å². The van der Waals surface area contributed by atoms with Crippen molar-refractivity contribution in [2.24, 2.45) is 5.92 Å². The third-order valence-corrected chi connectivity index (χ3v) is 2.70. The van der Waals surface area contributed by atoms with Crippen LogP contribution < -0.4 is 5.32 Å². The van der Waals surface area contributed by atoms with Gasteiger partial charge in [0, 0.05) is 19.0 Å². The normalized spacial score (nSPS) is 13.5. The fraction of sp³-hybridized carbons (Fsp3) is 0.846. The summed E-state index contributed by atoms with van der Waals surface area (Å²) in [7, 11) is 1.96. The van der Waals surface area contributed by atoms with Crippen molar-refractivity contribution in [1.82, 2.24) is 20.1 Å². The van der Waals surface area contributed by atoms with E-state index in [9.17, 15) is 0 Å². The quantitative estimate of drug-likeness (QED) is 0.763. The van der Waals surface area contributed by atoms with Gasteiger partial charge >= 0.3 is 0 Å². The van der Waals surface area contributed by atoms with Gasteiger partial charge in [-0.05, 0) is 26.8 Å². The average molecular weight is 254 g/mol. The molecule has 5 heteroatoms. The van der Waals surface area contributed by atoms with E-state index in [1.807, 2.05) is 25.6 Å². The molecule has 0 saturated carbocycles. The predicted octanol–water partition coefficient (Wildman–Crippen LogP) is 1.49. The molecule has 0 aliphatic carbocycles. The van der Waals surface area contributed by atoms with E-state index in [-0.39, 0.29) is 12.1 Å². The lowest BCUT2D eigenvalue weighted by molar-refractivity contribution is 0.0621. The summed E-state index contributed by atoms with van der Waals surface area (Å²) in [5.74, 6) is 1.60. The van der Waals surface area contributed by atoms with Gasteiger partial charge in [0.15, 0.2) is 0 Å². The van der Waals surface area contributed by atoms with Crippen LogP contribution in [0.15, 0.2) is 6.33 Å². The van der Waals surface area contributed by atoms with Crippen molar-refractivity contribution in [3.63, 3.8) is 0 Å². The zero-order chi connectivity index (χ0) is 13.5. The van der Waals surface area contributed by atoms with Crippen molar-refractivity contribution in [3.8, 4) is 0 Å². The highest BCUT2D eigenvalue weighted by atomic mass is 16.5. The van der Waals surface area contributed by atoms with Crippen LogP contribution in [0.3, 0.4) is 0 Å². The summed E-state index contributed by atoms with van der Waals surface area (Å²) < 4.78 is 7.64. The summed E-state index contributed by atoms with van der Waals surface area (Å²) in [4.78, 5) is 4.34. The lowest BCUT2D eigenvalue weighted by Crippen LogP contribution is -2.34. The summed E-state index contributed by atoms with van der Waals surface area (Å²) >= 11 is 0. The Morgan fingerprint density at radius 3 is 2.61 bits per heavy atom. The second-order valence-electron chi connectivity index (χ2n) is 5.32. The smallest absolute Gasteiger partial charge is 0.138 e. The molecular weight excluding hydrogens is 228 g/mol. The molecule has 0 bridgehead atoms. The standard InChI is InChI=1S/C13H26N4O/c1-10(2)7-17-13(15-9-16-17)6-12(14-5)8-18-11(3)4/h9-12,14H,6-8H2,1-5H3. The summed E-state index contributed by atoms with van der Waals surface area (Å²) in [6, 6.07) is 0.280. The maximum atomic E-state index is 5.64. The summed E-state index contributed by atoms with van der Waals surface area (Å²) in [5, 5.41) is 7.55. The molecule has 0 aliphatic heterocycles. The van der Waals surface area contributed by atoms with Crippen LogP contribution in [0.2, 0.25) is 0 Å². The number of aromatic nitrogens is 3. The monoisotopic (exact) mass is 254 g/mol. The summed E-state index contributed by atoms with van der Waals surface area (Å²) in [6.07, 6.45) is 2.73. The molecule has 1 atom stereocenters. The first-order valence-corrected chi connectivity index (χ1v) is 6.68. The zero-order valence-corrected chi connectivity index (χ0v) is 12.2. The molecule has 1 rings (SSSR count). The number of hydrogen-bond acceptors (Lipinski definition) is 4. The van der Waals surface area contributed by atoms with Crippen molar-refractivity contribution >= 4 is 0 Å². The molecule has 104 valence electrons. The van der Waals surface area contributed by atoms with E-state index >= 15 is 0 Å². The Hall–Kier alpha value is -0.940. The second kappa shape index (κ2) is 7.48. The molecule has 0 radical (unpaired) electrons. The number of ether oxygens (including phenoxy) is 1. The van der Waals surface area contributed by atoms with E-state index in [4.69, 9.17) is 4.74 Å². The third-order valence-electron chi connectivity index (χ3n) is 2.70. The van der Waals surface area contributed by atoms with E-state index in [2.05, 4.69) is 29.2 Å². The fourth-order valence-corrected chi connectivity index (χ4v) is 1.72. The highest BCUT2D eigenvalue weighted by Gasteiger charge is 2.13. The highest BCUT2D eigenvalue weighted by molar-refractivity contribution is 4.90. The van der Waals surface area contributed by atoms with Gasteiger partial charge in [0.2, 0.25) is 0 Å². The van der Waals surface area contributed by atoms with E-state index in [1.54, 1.807) is 6.33 Å². The highest BCUT2D eigenvalue weighted by Crippen LogP contribution is 2.05. The van der Waals surface area contributed by atoms with Crippen LogP contribution in [-0.4, -0.2) is 40.6 Å². The first-order valence-electron chi connectivity index (χ1n) is 6.68. The van der Waals surface area contributed by atoms with Crippen LogP contribution in [0.5, 0.6) is 0 Å². The summed E-state index contributed by atoms with van der Waals surface area (Å²) in [6.45, 7) is 10.1. The van der Waals surface area contributed by atoms with Crippen molar-refractivity contribution in [2.45, 2.75) is 52.8 Å². The lowest BCUT2D eigenvalue weighted by Gasteiger charge is -2.18. The number of hydrogen-bond donors (Lipinski definition) is 1. The molecule has 0 fully saturated rings. The number of nitrogens with zero attached hydrogens (tertiary/aromatic N) is 3. The topological polar surface area (TPSA) is 52.0 Å². The van der Waals surface area contributed by atoms with Crippen LogP contribution in [-0.2, 0) is 17.7 Å². The Balaban J connectivity index is 2.55. The maximum absolute atomic E-state index is 5.64. The van der Waals surface area contributed by atoms with Gasteiger partial charge in [-0.2, -0.15) is 5.10 Å². The van der Waals surface area contributed by atoms with E-state index < -0.39 is 0 Å². The molecule has 0 aliphatic rings. The number of nitrogens with one attached hydrogen (secondary N) is 1. The van der Waals surface area contributed by atoms with Gasteiger partial charge in [-0.3, -0.25) is 0 Å². The average Bonchev–Trinajstić information content (AvgIpc) is 2.70. The van der Waals surface area contributed by atoms with Gasteiger partial charge in [0.05, 0.1) is 12.7 Å². The molecular formula is C13H26N4O. The number of rotatable bonds is 8. The minimum atomic E-state index is 0.259. The fourth-order valence-electron chi connectivity index (χ4n) is 1.72. The molecule has 1 unspecified atom stereocenters. The first-order chi connectivity index (χ1) is 8.52. The SMILES string of the molecule is CNC(COC(C)C)Cc1ncnn1CC(C)C. The van der Waals surface area contributed by atoms with Gasteiger partial charge in [-0.15, -0.1) is 0 Å². The van der Waals surface area contributed by atoms with E-state index in [1.165, 1.54) is 0 Å². The first kappa shape index (κ1) is 15.1.